The molecular weight excluding hydrogens is 523 g/mol. The van der Waals surface area contributed by atoms with Crippen molar-refractivity contribution in [2.45, 2.75) is 0 Å². The summed E-state index contributed by atoms with van der Waals surface area (Å²) < 4.78 is 3.59. The summed E-state index contributed by atoms with van der Waals surface area (Å²) in [6.07, 6.45) is 0. The lowest BCUT2D eigenvalue weighted by molar-refractivity contribution is 1.15. The van der Waals surface area contributed by atoms with Crippen molar-refractivity contribution in [3.8, 4) is 33.8 Å². The Labute approximate surface area is 203 Å². The smallest absolute Gasteiger partial charge is 0.160 e. The highest BCUT2D eigenvalue weighted by atomic mass is 127. The topological polar surface area (TPSA) is 25.8 Å². The quantitative estimate of drug-likeness (QED) is 0.166. The number of halogens is 1. The van der Waals surface area contributed by atoms with Gasteiger partial charge in [0, 0.05) is 31.3 Å². The summed E-state index contributed by atoms with van der Waals surface area (Å²) in [6, 6.07) is 36.1. The van der Waals surface area contributed by atoms with E-state index in [1.807, 2.05) is 35.6 Å². The maximum absolute atomic E-state index is 4.84. The minimum absolute atomic E-state index is 0.752. The zero-order chi connectivity index (χ0) is 21.5. The van der Waals surface area contributed by atoms with Gasteiger partial charge in [0.05, 0.1) is 5.69 Å². The molecule has 0 bridgehead atoms. The van der Waals surface area contributed by atoms with Gasteiger partial charge in [0.25, 0.3) is 0 Å². The molecule has 4 aromatic carbocycles. The van der Waals surface area contributed by atoms with Gasteiger partial charge in [-0.1, -0.05) is 91.0 Å². The fourth-order valence-corrected chi connectivity index (χ4v) is 5.84. The first-order chi connectivity index (χ1) is 15.8. The second kappa shape index (κ2) is 8.11. The van der Waals surface area contributed by atoms with Crippen LogP contribution in [0, 0.1) is 3.70 Å². The van der Waals surface area contributed by atoms with Crippen LogP contribution < -0.4 is 0 Å². The number of hydrogen-bond donors (Lipinski definition) is 0. The average Bonchev–Trinajstić information content (AvgIpc) is 3.23. The van der Waals surface area contributed by atoms with Crippen molar-refractivity contribution >= 4 is 54.1 Å². The highest BCUT2D eigenvalue weighted by Crippen LogP contribution is 2.40. The van der Waals surface area contributed by atoms with Gasteiger partial charge in [-0.3, -0.25) is 0 Å². The van der Waals surface area contributed by atoms with E-state index in [-0.39, 0.29) is 0 Å². The molecule has 0 spiro atoms. The van der Waals surface area contributed by atoms with E-state index in [0.717, 1.165) is 26.3 Å². The molecule has 0 saturated heterocycles. The van der Waals surface area contributed by atoms with Crippen LogP contribution in [0.25, 0.3) is 53.9 Å². The third kappa shape index (κ3) is 3.49. The molecule has 0 fully saturated rings. The van der Waals surface area contributed by atoms with Gasteiger partial charge in [0.1, 0.15) is 3.70 Å². The number of rotatable bonds is 3. The van der Waals surface area contributed by atoms with Crippen molar-refractivity contribution in [3.05, 3.63) is 107 Å². The number of hydrogen-bond acceptors (Lipinski definition) is 3. The van der Waals surface area contributed by atoms with E-state index < -0.39 is 0 Å². The van der Waals surface area contributed by atoms with Crippen molar-refractivity contribution in [2.24, 2.45) is 0 Å². The molecule has 0 N–H and O–H groups in total. The number of aromatic nitrogens is 2. The third-order valence-electron chi connectivity index (χ3n) is 5.62. The summed E-state index contributed by atoms with van der Waals surface area (Å²) in [7, 11) is 0. The standard InChI is InChI=1S/C28H17IN2S/c29-26-17-24(19-7-2-1-3-8-19)30-28(31-26)20-15-13-18(14-16-20)21-10-6-11-23-22-9-4-5-12-25(22)32-27(21)23/h1-17H. The van der Waals surface area contributed by atoms with Crippen LogP contribution in [-0.4, -0.2) is 9.97 Å². The Morgan fingerprint density at radius 3 is 2.16 bits per heavy atom. The highest BCUT2D eigenvalue weighted by molar-refractivity contribution is 14.1. The second-order valence-corrected chi connectivity index (χ2v) is 9.78. The molecule has 0 aliphatic rings. The van der Waals surface area contributed by atoms with Gasteiger partial charge in [-0.2, -0.15) is 0 Å². The van der Waals surface area contributed by atoms with Crippen LogP contribution in [0.15, 0.2) is 103 Å². The molecule has 0 saturated carbocycles. The van der Waals surface area contributed by atoms with Gasteiger partial charge in [0.2, 0.25) is 0 Å². The molecule has 152 valence electrons. The summed E-state index contributed by atoms with van der Waals surface area (Å²) in [5.41, 5.74) is 5.54. The Balaban J connectivity index is 1.42. The van der Waals surface area contributed by atoms with Gasteiger partial charge < -0.3 is 0 Å². The zero-order valence-corrected chi connectivity index (χ0v) is 20.0. The summed E-state index contributed by atoms with van der Waals surface area (Å²) in [6.45, 7) is 0. The van der Waals surface area contributed by atoms with Crippen LogP contribution >= 0.6 is 33.9 Å². The summed E-state index contributed by atoms with van der Waals surface area (Å²) >= 11 is 4.13. The normalized spacial score (nSPS) is 11.3. The SMILES string of the molecule is Ic1cc(-c2ccccc2)nc(-c2ccc(-c3cccc4c3sc3ccccc34)cc2)n1. The molecule has 2 aromatic heterocycles. The Morgan fingerprint density at radius 1 is 0.594 bits per heavy atom. The average molecular weight is 540 g/mol. The van der Waals surface area contributed by atoms with E-state index in [0.29, 0.717) is 0 Å². The van der Waals surface area contributed by atoms with Crippen LogP contribution in [0.2, 0.25) is 0 Å². The van der Waals surface area contributed by atoms with Crippen molar-refractivity contribution in [1.29, 1.82) is 0 Å². The largest absolute Gasteiger partial charge is 0.228 e. The third-order valence-corrected chi connectivity index (χ3v) is 7.40. The minimum Gasteiger partial charge on any atom is -0.228 e. The molecule has 0 radical (unpaired) electrons. The van der Waals surface area contributed by atoms with E-state index in [1.165, 1.54) is 31.3 Å². The lowest BCUT2D eigenvalue weighted by atomic mass is 10.0. The predicted octanol–water partition coefficient (Wildman–Crippen LogP) is 8.45. The first-order valence-corrected chi connectivity index (χ1v) is 12.3. The fourth-order valence-electron chi connectivity index (χ4n) is 4.08. The predicted molar refractivity (Wildman–Crippen MR) is 144 cm³/mol. The molecular formula is C28H17IN2S. The Kier molecular flexibility index (Phi) is 4.97. The molecule has 0 unspecified atom stereocenters. The lowest BCUT2D eigenvalue weighted by Gasteiger charge is -2.08. The van der Waals surface area contributed by atoms with Crippen LogP contribution in [0.5, 0.6) is 0 Å². The lowest BCUT2D eigenvalue weighted by Crippen LogP contribution is -1.95. The van der Waals surface area contributed by atoms with E-state index in [1.54, 1.807) is 0 Å². The van der Waals surface area contributed by atoms with E-state index >= 15 is 0 Å². The maximum Gasteiger partial charge on any atom is 0.160 e. The fraction of sp³-hybridized carbons (Fsp3) is 0. The number of fused-ring (bicyclic) bond motifs is 3. The second-order valence-electron chi connectivity index (χ2n) is 7.62. The molecule has 0 amide bonds. The Hall–Kier alpha value is -3.09. The van der Waals surface area contributed by atoms with Crippen LogP contribution in [-0.2, 0) is 0 Å². The summed E-state index contributed by atoms with van der Waals surface area (Å²) in [4.78, 5) is 9.53. The molecule has 32 heavy (non-hydrogen) atoms. The van der Waals surface area contributed by atoms with Crippen molar-refractivity contribution in [2.75, 3.05) is 0 Å². The molecule has 6 aromatic rings. The van der Waals surface area contributed by atoms with Crippen LogP contribution in [0.4, 0.5) is 0 Å². The molecule has 4 heteroatoms. The van der Waals surface area contributed by atoms with Gasteiger partial charge in [0.15, 0.2) is 5.82 Å². The molecule has 2 nitrogen and oxygen atoms in total. The van der Waals surface area contributed by atoms with Crippen molar-refractivity contribution in [1.82, 2.24) is 9.97 Å². The van der Waals surface area contributed by atoms with Gasteiger partial charge in [-0.05, 0) is 45.9 Å². The maximum atomic E-state index is 4.84. The number of nitrogens with zero attached hydrogens (tertiary/aromatic N) is 2. The van der Waals surface area contributed by atoms with E-state index in [9.17, 15) is 0 Å². The number of benzene rings is 4. The van der Waals surface area contributed by atoms with Crippen molar-refractivity contribution < 1.29 is 0 Å². The van der Waals surface area contributed by atoms with E-state index in [2.05, 4.69) is 106 Å². The minimum atomic E-state index is 0.752. The molecule has 6 rings (SSSR count). The summed E-state index contributed by atoms with van der Waals surface area (Å²) in [5.74, 6) is 0.752. The molecule has 2 heterocycles. The van der Waals surface area contributed by atoms with Crippen LogP contribution in [0.1, 0.15) is 0 Å². The molecule has 0 aliphatic carbocycles. The zero-order valence-electron chi connectivity index (χ0n) is 17.0. The Morgan fingerprint density at radius 2 is 1.31 bits per heavy atom. The van der Waals surface area contributed by atoms with Gasteiger partial charge in [-0.15, -0.1) is 11.3 Å². The molecule has 0 aliphatic heterocycles. The highest BCUT2D eigenvalue weighted by Gasteiger charge is 2.11. The monoisotopic (exact) mass is 540 g/mol. The van der Waals surface area contributed by atoms with Crippen LogP contribution in [0.3, 0.4) is 0 Å². The first-order valence-electron chi connectivity index (χ1n) is 10.4. The van der Waals surface area contributed by atoms with E-state index in [4.69, 9.17) is 4.98 Å². The summed E-state index contributed by atoms with van der Waals surface area (Å²) in [5, 5.41) is 2.65. The molecule has 0 atom stereocenters. The van der Waals surface area contributed by atoms with Gasteiger partial charge in [-0.25, -0.2) is 9.97 Å². The van der Waals surface area contributed by atoms with Crippen molar-refractivity contribution in [3.63, 3.8) is 0 Å². The first kappa shape index (κ1) is 19.6. The Bertz CT molecular complexity index is 1570. The number of thiophene rings is 1. The van der Waals surface area contributed by atoms with Gasteiger partial charge >= 0.3 is 0 Å².